The van der Waals surface area contributed by atoms with Gasteiger partial charge in [-0.05, 0) is 43.7 Å². The standard InChI is InChI=1S/C20H24N4O4S/c1-3-28-13-7-12-24-18-11-5-4-10-17(18)21-20(24)22-19(25)15-8-6-9-16(14-15)23-29(2,26)27/h4-6,8-11,14,23H,3,7,12-13H2,1-2H3,(H,21,22,25). The first-order chi connectivity index (χ1) is 13.9. The topological polar surface area (TPSA) is 102 Å². The van der Waals surface area contributed by atoms with E-state index in [-0.39, 0.29) is 5.91 Å². The van der Waals surface area contributed by atoms with E-state index in [2.05, 4.69) is 15.0 Å². The van der Waals surface area contributed by atoms with Crippen molar-refractivity contribution in [3.05, 3.63) is 54.1 Å². The number of nitrogens with one attached hydrogen (secondary N) is 2. The van der Waals surface area contributed by atoms with Crippen LogP contribution in [0.25, 0.3) is 11.0 Å². The Balaban J connectivity index is 1.83. The SMILES string of the molecule is CCOCCCn1c(NC(=O)c2cccc(NS(C)(=O)=O)c2)nc2ccccc21. The highest BCUT2D eigenvalue weighted by molar-refractivity contribution is 7.92. The molecule has 2 aromatic carbocycles. The summed E-state index contributed by atoms with van der Waals surface area (Å²) in [5.41, 5.74) is 2.36. The number of aromatic nitrogens is 2. The summed E-state index contributed by atoms with van der Waals surface area (Å²) in [7, 11) is -3.43. The molecule has 3 aromatic rings. The van der Waals surface area contributed by atoms with Crippen LogP contribution in [-0.2, 0) is 21.3 Å². The second kappa shape index (κ2) is 9.06. The third-order valence-corrected chi connectivity index (χ3v) is 4.79. The van der Waals surface area contributed by atoms with Gasteiger partial charge in [-0.2, -0.15) is 0 Å². The van der Waals surface area contributed by atoms with Gasteiger partial charge in [-0.25, -0.2) is 13.4 Å². The predicted octanol–water partition coefficient (Wildman–Crippen LogP) is 3.09. The normalized spacial score (nSPS) is 11.5. The van der Waals surface area contributed by atoms with Crippen molar-refractivity contribution < 1.29 is 17.9 Å². The molecule has 0 aliphatic heterocycles. The Labute approximate surface area is 169 Å². The van der Waals surface area contributed by atoms with E-state index < -0.39 is 10.0 Å². The molecule has 0 atom stereocenters. The molecule has 0 bridgehead atoms. The number of anilines is 2. The summed E-state index contributed by atoms with van der Waals surface area (Å²) < 4.78 is 32.6. The average Bonchev–Trinajstić information content (AvgIpc) is 3.01. The van der Waals surface area contributed by atoms with E-state index in [1.807, 2.05) is 35.8 Å². The van der Waals surface area contributed by atoms with E-state index in [0.717, 1.165) is 23.7 Å². The first kappa shape index (κ1) is 20.8. The zero-order chi connectivity index (χ0) is 20.9. The molecule has 0 aliphatic carbocycles. The van der Waals surface area contributed by atoms with E-state index in [0.29, 0.717) is 37.0 Å². The minimum Gasteiger partial charge on any atom is -0.382 e. The number of amides is 1. The molecule has 29 heavy (non-hydrogen) atoms. The van der Waals surface area contributed by atoms with E-state index in [4.69, 9.17) is 4.74 Å². The van der Waals surface area contributed by atoms with Gasteiger partial charge in [0.2, 0.25) is 16.0 Å². The summed E-state index contributed by atoms with van der Waals surface area (Å²) in [4.78, 5) is 17.3. The van der Waals surface area contributed by atoms with E-state index in [1.165, 1.54) is 6.07 Å². The lowest BCUT2D eigenvalue weighted by Gasteiger charge is -2.11. The van der Waals surface area contributed by atoms with Gasteiger partial charge in [0.05, 0.1) is 17.3 Å². The molecule has 8 nitrogen and oxygen atoms in total. The van der Waals surface area contributed by atoms with Crippen molar-refractivity contribution in [3.8, 4) is 0 Å². The van der Waals surface area contributed by atoms with Crippen LogP contribution < -0.4 is 10.0 Å². The number of para-hydroxylation sites is 2. The second-order valence-corrected chi connectivity index (χ2v) is 8.28. The fourth-order valence-corrected chi connectivity index (χ4v) is 3.53. The number of carbonyl (C=O) groups excluding carboxylic acids is 1. The van der Waals surface area contributed by atoms with Crippen LogP contribution in [0.2, 0.25) is 0 Å². The predicted molar refractivity (Wildman–Crippen MR) is 114 cm³/mol. The first-order valence-corrected chi connectivity index (χ1v) is 11.2. The first-order valence-electron chi connectivity index (χ1n) is 9.29. The van der Waals surface area contributed by atoms with Crippen LogP contribution in [0.1, 0.15) is 23.7 Å². The number of hydrogen-bond acceptors (Lipinski definition) is 5. The number of benzene rings is 2. The summed E-state index contributed by atoms with van der Waals surface area (Å²) in [6.07, 6.45) is 1.84. The highest BCUT2D eigenvalue weighted by Gasteiger charge is 2.15. The molecule has 1 aromatic heterocycles. The molecule has 0 spiro atoms. The van der Waals surface area contributed by atoms with Crippen LogP contribution >= 0.6 is 0 Å². The van der Waals surface area contributed by atoms with Gasteiger partial charge < -0.3 is 9.30 Å². The zero-order valence-corrected chi connectivity index (χ0v) is 17.2. The number of carbonyl (C=O) groups is 1. The van der Waals surface area contributed by atoms with Gasteiger partial charge in [-0.1, -0.05) is 18.2 Å². The Bertz CT molecular complexity index is 1110. The molecular formula is C20H24N4O4S. The zero-order valence-electron chi connectivity index (χ0n) is 16.4. The summed E-state index contributed by atoms with van der Waals surface area (Å²) in [5, 5.41) is 2.84. The number of fused-ring (bicyclic) bond motifs is 1. The van der Waals surface area contributed by atoms with Gasteiger partial charge in [0.25, 0.3) is 5.91 Å². The minimum atomic E-state index is -3.43. The number of imidazole rings is 1. The number of aryl methyl sites for hydroxylation is 1. The fourth-order valence-electron chi connectivity index (χ4n) is 2.98. The van der Waals surface area contributed by atoms with Crippen molar-refractivity contribution in [2.45, 2.75) is 19.9 Å². The van der Waals surface area contributed by atoms with Crippen LogP contribution in [0.15, 0.2) is 48.5 Å². The maximum atomic E-state index is 12.8. The summed E-state index contributed by atoms with van der Waals surface area (Å²) >= 11 is 0. The summed E-state index contributed by atoms with van der Waals surface area (Å²) in [5.74, 6) is 0.0673. The molecule has 154 valence electrons. The monoisotopic (exact) mass is 416 g/mol. The maximum absolute atomic E-state index is 12.8. The van der Waals surface area contributed by atoms with Gasteiger partial charge >= 0.3 is 0 Å². The summed E-state index contributed by atoms with van der Waals surface area (Å²) in [6, 6.07) is 14.0. The van der Waals surface area contributed by atoms with Crippen LogP contribution in [0, 0.1) is 0 Å². The van der Waals surface area contributed by atoms with Crippen molar-refractivity contribution in [2.24, 2.45) is 0 Å². The van der Waals surface area contributed by atoms with Crippen LogP contribution in [0.4, 0.5) is 11.6 Å². The quantitative estimate of drug-likeness (QED) is 0.522. The van der Waals surface area contributed by atoms with Gasteiger partial charge in [-0.3, -0.25) is 14.8 Å². The van der Waals surface area contributed by atoms with E-state index >= 15 is 0 Å². The molecule has 1 heterocycles. The van der Waals surface area contributed by atoms with Crippen LogP contribution in [0.3, 0.4) is 0 Å². The Morgan fingerprint density at radius 2 is 1.97 bits per heavy atom. The van der Waals surface area contributed by atoms with Crippen molar-refractivity contribution in [1.82, 2.24) is 9.55 Å². The highest BCUT2D eigenvalue weighted by atomic mass is 32.2. The lowest BCUT2D eigenvalue weighted by molar-refractivity contribution is 0.102. The number of hydrogen-bond donors (Lipinski definition) is 2. The molecule has 9 heteroatoms. The molecule has 0 saturated carbocycles. The van der Waals surface area contributed by atoms with Crippen molar-refractivity contribution in [3.63, 3.8) is 0 Å². The largest absolute Gasteiger partial charge is 0.382 e. The Hall–Kier alpha value is -2.91. The Morgan fingerprint density at radius 1 is 1.17 bits per heavy atom. The van der Waals surface area contributed by atoms with E-state index in [9.17, 15) is 13.2 Å². The molecule has 2 N–H and O–H groups in total. The molecule has 0 saturated heterocycles. The van der Waals surface area contributed by atoms with Crippen LogP contribution in [0.5, 0.6) is 0 Å². The van der Waals surface area contributed by atoms with Crippen molar-refractivity contribution in [1.29, 1.82) is 0 Å². The van der Waals surface area contributed by atoms with Gasteiger partial charge in [0.15, 0.2) is 0 Å². The van der Waals surface area contributed by atoms with Gasteiger partial charge in [-0.15, -0.1) is 0 Å². The lowest BCUT2D eigenvalue weighted by Crippen LogP contribution is -2.17. The van der Waals surface area contributed by atoms with Gasteiger partial charge in [0, 0.05) is 31.0 Å². The molecule has 0 radical (unpaired) electrons. The molecular weight excluding hydrogens is 392 g/mol. The molecule has 0 aliphatic rings. The fraction of sp³-hybridized carbons (Fsp3) is 0.300. The van der Waals surface area contributed by atoms with Crippen molar-refractivity contribution in [2.75, 3.05) is 29.5 Å². The van der Waals surface area contributed by atoms with Crippen molar-refractivity contribution >= 4 is 38.6 Å². The number of sulfonamides is 1. The second-order valence-electron chi connectivity index (χ2n) is 6.54. The third kappa shape index (κ3) is 5.55. The Morgan fingerprint density at radius 3 is 2.72 bits per heavy atom. The van der Waals surface area contributed by atoms with Gasteiger partial charge in [0.1, 0.15) is 0 Å². The number of rotatable bonds is 9. The Kier molecular flexibility index (Phi) is 6.50. The lowest BCUT2D eigenvalue weighted by atomic mass is 10.2. The molecule has 0 unspecified atom stereocenters. The van der Waals surface area contributed by atoms with Crippen LogP contribution in [-0.4, -0.2) is 43.3 Å². The minimum absolute atomic E-state index is 0.324. The molecule has 1 amide bonds. The average molecular weight is 417 g/mol. The smallest absolute Gasteiger partial charge is 0.258 e. The number of nitrogens with zero attached hydrogens (tertiary/aromatic N) is 2. The highest BCUT2D eigenvalue weighted by Crippen LogP contribution is 2.21. The third-order valence-electron chi connectivity index (χ3n) is 4.18. The summed E-state index contributed by atoms with van der Waals surface area (Å²) in [6.45, 7) is 3.87. The van der Waals surface area contributed by atoms with E-state index in [1.54, 1.807) is 18.2 Å². The molecule has 0 fully saturated rings. The maximum Gasteiger partial charge on any atom is 0.258 e. The number of ether oxygens (including phenoxy) is 1. The molecule has 3 rings (SSSR count).